The lowest BCUT2D eigenvalue weighted by Crippen LogP contribution is -2.04. The van der Waals surface area contributed by atoms with E-state index in [9.17, 15) is 4.79 Å². The maximum atomic E-state index is 11.0. The van der Waals surface area contributed by atoms with E-state index in [4.69, 9.17) is 4.74 Å². The summed E-state index contributed by atoms with van der Waals surface area (Å²) < 4.78 is 6.96. The van der Waals surface area contributed by atoms with Gasteiger partial charge < -0.3 is 10.1 Å². The van der Waals surface area contributed by atoms with Crippen LogP contribution in [0.2, 0.25) is 0 Å². The molecule has 0 aliphatic heterocycles. The molecule has 0 atom stereocenters. The van der Waals surface area contributed by atoms with Gasteiger partial charge in [-0.25, -0.2) is 0 Å². The van der Waals surface area contributed by atoms with Gasteiger partial charge in [0.2, 0.25) is 0 Å². The van der Waals surface area contributed by atoms with Gasteiger partial charge in [0.05, 0.1) is 12.8 Å². The quantitative estimate of drug-likeness (QED) is 0.289. The Bertz CT molecular complexity index is 694. The monoisotopic (exact) mass is 375 g/mol. The highest BCUT2D eigenvalue weighted by atomic mass is 32.2. The molecule has 0 spiro atoms. The molecule has 1 aromatic carbocycles. The van der Waals surface area contributed by atoms with Crippen molar-refractivity contribution in [2.24, 2.45) is 7.05 Å². The van der Waals surface area contributed by atoms with Crippen molar-refractivity contribution >= 4 is 29.6 Å². The zero-order valence-electron chi connectivity index (χ0n) is 16.3. The Hall–Kier alpha value is -2.21. The van der Waals surface area contributed by atoms with Crippen LogP contribution in [-0.2, 0) is 11.8 Å². The number of aryl methyl sites for hydroxylation is 1. The van der Waals surface area contributed by atoms with Gasteiger partial charge in [0.1, 0.15) is 22.9 Å². The minimum atomic E-state index is 0.723. The third-order valence-corrected chi connectivity index (χ3v) is 4.49. The van der Waals surface area contributed by atoms with Crippen molar-refractivity contribution in [1.82, 2.24) is 9.78 Å². The van der Waals surface area contributed by atoms with Gasteiger partial charge in [0.15, 0.2) is 0 Å². The van der Waals surface area contributed by atoms with Crippen LogP contribution in [-0.4, -0.2) is 28.9 Å². The van der Waals surface area contributed by atoms with Crippen LogP contribution < -0.4 is 10.1 Å². The molecular weight excluding hydrogens is 346 g/mol. The number of aromatic nitrogens is 2. The number of rotatable bonds is 9. The van der Waals surface area contributed by atoms with Gasteiger partial charge in [-0.3, -0.25) is 9.48 Å². The summed E-state index contributed by atoms with van der Waals surface area (Å²) in [6.45, 7) is 6.18. The summed E-state index contributed by atoms with van der Waals surface area (Å²) in [4.78, 5) is 11.0. The number of methoxy groups -OCH3 is 1. The molecule has 1 heterocycles. The summed E-state index contributed by atoms with van der Waals surface area (Å²) in [6.07, 6.45) is 4.64. The number of aldehydes is 1. The highest BCUT2D eigenvalue weighted by molar-refractivity contribution is 7.99. The Balaban J connectivity index is 0.00000163. The van der Waals surface area contributed by atoms with Crippen molar-refractivity contribution in [3.8, 4) is 5.75 Å². The van der Waals surface area contributed by atoms with E-state index in [0.717, 1.165) is 39.9 Å². The van der Waals surface area contributed by atoms with E-state index >= 15 is 0 Å². The van der Waals surface area contributed by atoms with Crippen LogP contribution in [0.1, 0.15) is 39.2 Å². The summed E-state index contributed by atoms with van der Waals surface area (Å²) in [7, 11) is 3.52. The normalized spacial score (nSPS) is 10.7. The maximum absolute atomic E-state index is 11.0. The highest BCUT2D eigenvalue weighted by Crippen LogP contribution is 2.25. The minimum absolute atomic E-state index is 0.723. The second kappa shape index (κ2) is 12.2. The number of carbonyl (C=O) groups is 1. The molecular formula is C20H29N3O2S. The second-order valence-corrected chi connectivity index (χ2v) is 6.38. The van der Waals surface area contributed by atoms with E-state index in [1.54, 1.807) is 23.6 Å². The largest absolute Gasteiger partial charge is 0.497 e. The first-order valence-electron chi connectivity index (χ1n) is 8.91. The lowest BCUT2D eigenvalue weighted by atomic mass is 10.1. The Kier molecular flexibility index (Phi) is 10.2. The number of hydrogen-bond acceptors (Lipinski definition) is 5. The van der Waals surface area contributed by atoms with E-state index in [1.165, 1.54) is 18.9 Å². The number of hydrogen-bond donors (Lipinski definition) is 1. The smallest absolute Gasteiger partial charge is 0.144 e. The number of benzene rings is 1. The van der Waals surface area contributed by atoms with Gasteiger partial charge >= 0.3 is 0 Å². The van der Waals surface area contributed by atoms with Gasteiger partial charge in [-0.2, -0.15) is 5.10 Å². The molecule has 1 aromatic heterocycles. The van der Waals surface area contributed by atoms with E-state index in [0.29, 0.717) is 0 Å². The molecule has 0 radical (unpaired) electrons. The predicted octanol–water partition coefficient (Wildman–Crippen LogP) is 5.00. The molecule has 1 N–H and O–H groups in total. The van der Waals surface area contributed by atoms with E-state index in [-0.39, 0.29) is 0 Å². The van der Waals surface area contributed by atoms with Crippen molar-refractivity contribution in [3.05, 3.63) is 42.0 Å². The average Bonchev–Trinajstić information content (AvgIpc) is 3.03. The zero-order valence-corrected chi connectivity index (χ0v) is 17.1. The molecule has 2 rings (SSSR count). The first-order valence-corrected chi connectivity index (χ1v) is 9.90. The summed E-state index contributed by atoms with van der Waals surface area (Å²) in [5.74, 6) is 2.68. The number of anilines is 1. The molecule has 0 aliphatic rings. The van der Waals surface area contributed by atoms with Crippen LogP contribution in [0.3, 0.4) is 0 Å². The first kappa shape index (κ1) is 21.8. The first-order chi connectivity index (χ1) is 12.7. The molecule has 0 bridgehead atoms. The fourth-order valence-corrected chi connectivity index (χ4v) is 3.15. The number of nitrogens with zero attached hydrogens (tertiary/aromatic N) is 2. The number of ether oxygens (including phenoxy) is 1. The Morgan fingerprint density at radius 2 is 2.00 bits per heavy atom. The topological polar surface area (TPSA) is 56.1 Å². The summed E-state index contributed by atoms with van der Waals surface area (Å²) in [5.41, 5.74) is 1.63. The van der Waals surface area contributed by atoms with Gasteiger partial charge in [0, 0.05) is 19.2 Å². The Morgan fingerprint density at radius 3 is 2.58 bits per heavy atom. The highest BCUT2D eigenvalue weighted by Gasteiger charge is 2.09. The fraction of sp³-hybridized carbons (Fsp3) is 0.400. The number of unbranched alkanes of at least 4 members (excludes halogenated alkanes) is 1. The third kappa shape index (κ3) is 6.59. The second-order valence-electron chi connectivity index (χ2n) is 5.26. The van der Waals surface area contributed by atoms with Crippen molar-refractivity contribution in [3.63, 3.8) is 0 Å². The molecule has 0 saturated heterocycles. The standard InChI is InChI=1S/C18H23N3O2S.C2H6/c1-4-5-12-24-18-13-17(21(2)20-18)19-16(10-11-22)14-6-8-15(23-3)9-7-14;1-2/h6-11,13,19H,4-5,12H2,1-3H3;1-2H3/b16-10-;. The maximum Gasteiger partial charge on any atom is 0.144 e. The molecule has 2 aromatic rings. The van der Waals surface area contributed by atoms with E-state index in [1.807, 2.05) is 51.2 Å². The molecule has 0 saturated carbocycles. The van der Waals surface area contributed by atoms with Crippen LogP contribution in [0, 0.1) is 0 Å². The third-order valence-electron chi connectivity index (χ3n) is 3.50. The number of carbonyl (C=O) groups excluding carboxylic acids is 1. The SMILES string of the molecule is CC.CCCCSc1cc(N/C(=C\C=O)c2ccc(OC)cc2)n(C)n1. The zero-order chi connectivity index (χ0) is 19.4. The van der Waals surface area contributed by atoms with Gasteiger partial charge in [-0.1, -0.05) is 27.2 Å². The molecule has 142 valence electrons. The lowest BCUT2D eigenvalue weighted by molar-refractivity contribution is -0.104. The molecule has 0 aliphatic carbocycles. The molecule has 0 fully saturated rings. The van der Waals surface area contributed by atoms with Crippen LogP contribution in [0.15, 0.2) is 41.4 Å². The van der Waals surface area contributed by atoms with Gasteiger partial charge in [0.25, 0.3) is 0 Å². The van der Waals surface area contributed by atoms with Crippen molar-refractivity contribution in [1.29, 1.82) is 0 Å². The summed E-state index contributed by atoms with van der Waals surface area (Å²) in [5, 5.41) is 8.77. The fourth-order valence-electron chi connectivity index (χ4n) is 2.14. The number of allylic oxidation sites excluding steroid dienone is 1. The lowest BCUT2D eigenvalue weighted by Gasteiger charge is -2.11. The van der Waals surface area contributed by atoms with Crippen molar-refractivity contribution in [2.75, 3.05) is 18.2 Å². The van der Waals surface area contributed by atoms with Gasteiger partial charge in [-0.05, 0) is 42.0 Å². The van der Waals surface area contributed by atoms with E-state index < -0.39 is 0 Å². The molecule has 0 amide bonds. The number of nitrogens with one attached hydrogen (secondary N) is 1. The summed E-state index contributed by atoms with van der Waals surface area (Å²) in [6, 6.07) is 9.56. The summed E-state index contributed by atoms with van der Waals surface area (Å²) >= 11 is 1.74. The minimum Gasteiger partial charge on any atom is -0.497 e. The predicted molar refractivity (Wildman–Crippen MR) is 111 cm³/mol. The molecule has 6 heteroatoms. The van der Waals surface area contributed by atoms with Crippen LogP contribution >= 0.6 is 11.8 Å². The number of thioether (sulfide) groups is 1. The molecule has 0 unspecified atom stereocenters. The van der Waals surface area contributed by atoms with Crippen molar-refractivity contribution in [2.45, 2.75) is 38.6 Å². The van der Waals surface area contributed by atoms with Gasteiger partial charge in [-0.15, -0.1) is 11.8 Å². The average molecular weight is 376 g/mol. The van der Waals surface area contributed by atoms with E-state index in [2.05, 4.69) is 17.3 Å². The molecule has 5 nitrogen and oxygen atoms in total. The van der Waals surface area contributed by atoms with Crippen LogP contribution in [0.25, 0.3) is 5.70 Å². The van der Waals surface area contributed by atoms with Crippen LogP contribution in [0.5, 0.6) is 5.75 Å². The molecule has 26 heavy (non-hydrogen) atoms. The Labute approximate surface area is 160 Å². The Morgan fingerprint density at radius 1 is 1.31 bits per heavy atom. The van der Waals surface area contributed by atoms with Crippen LogP contribution in [0.4, 0.5) is 5.82 Å². The van der Waals surface area contributed by atoms with Crippen molar-refractivity contribution < 1.29 is 9.53 Å².